The van der Waals surface area contributed by atoms with Gasteiger partial charge < -0.3 is 9.32 Å². The van der Waals surface area contributed by atoms with E-state index in [2.05, 4.69) is 6.07 Å². The number of rotatable bonds is 3. The maximum atomic E-state index is 10.5. The number of carbonyl (C=O) groups is 1. The van der Waals surface area contributed by atoms with Crippen LogP contribution in [-0.2, 0) is 0 Å². The Morgan fingerprint density at radius 1 is 1.24 bits per heavy atom. The molecular weight excluding hydrogens is 216 g/mol. The van der Waals surface area contributed by atoms with Crippen LogP contribution < -0.4 is 4.90 Å². The molecule has 2 aromatic rings. The predicted octanol–water partition coefficient (Wildman–Crippen LogP) is 2.73. The zero-order valence-corrected chi connectivity index (χ0v) is 9.25. The molecule has 84 valence electrons. The summed E-state index contributed by atoms with van der Waals surface area (Å²) in [5.74, 6) is 0.873. The molecule has 0 unspecified atom stereocenters. The van der Waals surface area contributed by atoms with Crippen LogP contribution in [0.3, 0.4) is 0 Å². The van der Waals surface area contributed by atoms with Gasteiger partial charge in [-0.3, -0.25) is 4.79 Å². The lowest BCUT2D eigenvalue weighted by Gasteiger charge is -2.15. The predicted molar refractivity (Wildman–Crippen MR) is 63.3 cm³/mol. The van der Waals surface area contributed by atoms with E-state index in [1.54, 1.807) is 29.2 Å². The summed E-state index contributed by atoms with van der Waals surface area (Å²) >= 11 is 0. The summed E-state index contributed by atoms with van der Waals surface area (Å²) in [4.78, 5) is 12.3. The van der Waals surface area contributed by atoms with Crippen LogP contribution in [0.4, 0.5) is 11.6 Å². The number of anilines is 2. The molecule has 0 aliphatic heterocycles. The van der Waals surface area contributed by atoms with Crippen LogP contribution in [0.15, 0.2) is 40.8 Å². The van der Waals surface area contributed by atoms with Crippen LogP contribution in [0.25, 0.3) is 0 Å². The minimum absolute atomic E-state index is 0.292. The first kappa shape index (κ1) is 11.0. The molecule has 1 aromatic heterocycles. The summed E-state index contributed by atoms with van der Waals surface area (Å²) in [6.07, 6.45) is 0.663. The van der Waals surface area contributed by atoms with Crippen molar-refractivity contribution in [1.82, 2.24) is 0 Å². The lowest BCUT2D eigenvalue weighted by molar-refractivity contribution is 0.110. The van der Waals surface area contributed by atoms with Crippen LogP contribution in [0.5, 0.6) is 0 Å². The second-order valence-corrected chi connectivity index (χ2v) is 3.51. The molecule has 1 heterocycles. The van der Waals surface area contributed by atoms with Crippen molar-refractivity contribution in [2.45, 2.75) is 0 Å². The number of hydrogen-bond acceptors (Lipinski definition) is 4. The van der Waals surface area contributed by atoms with E-state index < -0.39 is 0 Å². The number of aldehydes is 1. The molecule has 2 rings (SSSR count). The molecule has 1 aromatic carbocycles. The molecule has 0 radical (unpaired) electrons. The first-order valence-corrected chi connectivity index (χ1v) is 5.03. The van der Waals surface area contributed by atoms with E-state index in [1.165, 1.54) is 0 Å². The van der Waals surface area contributed by atoms with Gasteiger partial charge in [-0.15, -0.1) is 0 Å². The highest BCUT2D eigenvalue weighted by Crippen LogP contribution is 2.25. The molecule has 4 nitrogen and oxygen atoms in total. The third-order valence-electron chi connectivity index (χ3n) is 2.44. The summed E-state index contributed by atoms with van der Waals surface area (Å²) in [6.45, 7) is 0. The second-order valence-electron chi connectivity index (χ2n) is 3.51. The van der Waals surface area contributed by atoms with Gasteiger partial charge in [-0.05, 0) is 30.3 Å². The summed E-state index contributed by atoms with van der Waals surface area (Å²) in [7, 11) is 1.83. The minimum atomic E-state index is 0.292. The molecular formula is C13H10N2O2. The Morgan fingerprint density at radius 3 is 2.47 bits per heavy atom. The highest BCUT2D eigenvalue weighted by molar-refractivity contribution is 5.72. The smallest absolute Gasteiger partial charge is 0.200 e. The normalized spacial score (nSPS) is 9.65. The van der Waals surface area contributed by atoms with Crippen LogP contribution >= 0.6 is 0 Å². The molecule has 0 fully saturated rings. The van der Waals surface area contributed by atoms with Crippen molar-refractivity contribution in [3.63, 3.8) is 0 Å². The van der Waals surface area contributed by atoms with E-state index in [9.17, 15) is 4.79 Å². The number of carbonyl (C=O) groups excluding carboxylic acids is 1. The quantitative estimate of drug-likeness (QED) is 0.755. The topological polar surface area (TPSA) is 57.2 Å². The highest BCUT2D eigenvalue weighted by atomic mass is 16.4. The van der Waals surface area contributed by atoms with Crippen LogP contribution in [0.1, 0.15) is 16.1 Å². The molecule has 17 heavy (non-hydrogen) atoms. The van der Waals surface area contributed by atoms with Crippen molar-refractivity contribution in [2.75, 3.05) is 11.9 Å². The number of benzene rings is 1. The van der Waals surface area contributed by atoms with E-state index >= 15 is 0 Å². The molecule has 0 aliphatic carbocycles. The lowest BCUT2D eigenvalue weighted by Crippen LogP contribution is -2.08. The molecule has 0 aliphatic rings. The van der Waals surface area contributed by atoms with Crippen LogP contribution in [-0.4, -0.2) is 13.3 Å². The van der Waals surface area contributed by atoms with Gasteiger partial charge in [0.1, 0.15) is 0 Å². The SMILES string of the molecule is CN(c1ccc(C#N)cc1)c1ccc(C=O)o1. The summed E-state index contributed by atoms with van der Waals surface area (Å²) < 4.78 is 5.30. The van der Waals surface area contributed by atoms with Gasteiger partial charge in [-0.1, -0.05) is 0 Å². The Bertz CT molecular complexity index is 564. The average molecular weight is 226 g/mol. The summed E-state index contributed by atoms with van der Waals surface area (Å²) in [5, 5.41) is 8.70. The number of nitriles is 1. The number of nitrogens with zero attached hydrogens (tertiary/aromatic N) is 2. The standard InChI is InChI=1S/C13H10N2O2/c1-15(13-7-6-12(9-16)17-13)11-4-2-10(8-14)3-5-11/h2-7,9H,1H3. The van der Waals surface area contributed by atoms with Crippen molar-refractivity contribution >= 4 is 17.9 Å². The van der Waals surface area contributed by atoms with Gasteiger partial charge in [0.25, 0.3) is 0 Å². The first-order valence-electron chi connectivity index (χ1n) is 5.03. The number of hydrogen-bond donors (Lipinski definition) is 0. The van der Waals surface area contributed by atoms with Gasteiger partial charge in [-0.2, -0.15) is 5.26 Å². The molecule has 0 spiro atoms. The fraction of sp³-hybridized carbons (Fsp3) is 0.0769. The van der Waals surface area contributed by atoms with Crippen molar-refractivity contribution in [3.05, 3.63) is 47.7 Å². The Hall–Kier alpha value is -2.54. The van der Waals surface area contributed by atoms with Gasteiger partial charge in [0.05, 0.1) is 11.6 Å². The zero-order chi connectivity index (χ0) is 12.3. The van der Waals surface area contributed by atoms with Gasteiger partial charge in [-0.25, -0.2) is 0 Å². The Labute approximate surface area is 98.7 Å². The van der Waals surface area contributed by atoms with Crippen LogP contribution in [0, 0.1) is 11.3 Å². The third-order valence-corrected chi connectivity index (χ3v) is 2.44. The molecule has 4 heteroatoms. The van der Waals surface area contributed by atoms with Gasteiger partial charge in [0.15, 0.2) is 17.9 Å². The zero-order valence-electron chi connectivity index (χ0n) is 9.25. The molecule has 0 atom stereocenters. The Kier molecular flexibility index (Phi) is 2.93. The molecule has 0 N–H and O–H groups in total. The molecule has 0 bridgehead atoms. The Morgan fingerprint density at radius 2 is 1.94 bits per heavy atom. The van der Waals surface area contributed by atoms with E-state index in [-0.39, 0.29) is 0 Å². The second kappa shape index (κ2) is 4.54. The fourth-order valence-corrected chi connectivity index (χ4v) is 1.47. The summed E-state index contributed by atoms with van der Waals surface area (Å²) in [5.41, 5.74) is 1.49. The van der Waals surface area contributed by atoms with Crippen molar-refractivity contribution in [1.29, 1.82) is 5.26 Å². The van der Waals surface area contributed by atoms with E-state index in [1.807, 2.05) is 19.2 Å². The van der Waals surface area contributed by atoms with Crippen molar-refractivity contribution in [2.24, 2.45) is 0 Å². The minimum Gasteiger partial charge on any atom is -0.437 e. The number of furan rings is 1. The van der Waals surface area contributed by atoms with Gasteiger partial charge in [0, 0.05) is 18.8 Å². The third kappa shape index (κ3) is 2.18. The van der Waals surface area contributed by atoms with Crippen LogP contribution in [0.2, 0.25) is 0 Å². The van der Waals surface area contributed by atoms with Gasteiger partial charge in [0.2, 0.25) is 0 Å². The Balaban J connectivity index is 2.27. The maximum Gasteiger partial charge on any atom is 0.200 e. The van der Waals surface area contributed by atoms with Crippen molar-refractivity contribution in [3.8, 4) is 6.07 Å². The first-order chi connectivity index (χ1) is 8.24. The maximum absolute atomic E-state index is 10.5. The van der Waals surface area contributed by atoms with E-state index in [0.717, 1.165) is 5.69 Å². The van der Waals surface area contributed by atoms with Gasteiger partial charge >= 0.3 is 0 Å². The molecule has 0 amide bonds. The summed E-state index contributed by atoms with van der Waals surface area (Å²) in [6, 6.07) is 12.5. The highest BCUT2D eigenvalue weighted by Gasteiger charge is 2.08. The monoisotopic (exact) mass is 226 g/mol. The van der Waals surface area contributed by atoms with Crippen molar-refractivity contribution < 1.29 is 9.21 Å². The fourth-order valence-electron chi connectivity index (χ4n) is 1.47. The molecule has 0 saturated heterocycles. The average Bonchev–Trinajstić information content (AvgIpc) is 2.87. The lowest BCUT2D eigenvalue weighted by atomic mass is 10.2. The van der Waals surface area contributed by atoms with E-state index in [0.29, 0.717) is 23.5 Å². The van der Waals surface area contributed by atoms with E-state index in [4.69, 9.17) is 9.68 Å². The largest absolute Gasteiger partial charge is 0.437 e. The molecule has 0 saturated carbocycles.